The van der Waals surface area contributed by atoms with E-state index in [-0.39, 0.29) is 0 Å². The van der Waals surface area contributed by atoms with Crippen molar-refractivity contribution >= 4 is 11.7 Å². The standard InChI is InChI=1S/C15H18N2O4/c1-21-15(18)14(17(19)20)13(12-8-4-2-5-9-12)16-10-6-3-7-11-16/h2,4-5,8-9H,3,6-7,10-11H2,1H3/b14-13-. The molecule has 112 valence electrons. The Bertz CT molecular complexity index is 548. The number of hydrogen-bond donors (Lipinski definition) is 0. The second-order valence-electron chi connectivity index (χ2n) is 4.86. The Hall–Kier alpha value is -2.37. The Morgan fingerprint density at radius 2 is 1.81 bits per heavy atom. The minimum atomic E-state index is -0.913. The molecule has 1 aromatic carbocycles. The predicted molar refractivity (Wildman–Crippen MR) is 77.8 cm³/mol. The molecule has 6 heteroatoms. The Morgan fingerprint density at radius 3 is 2.33 bits per heavy atom. The van der Waals surface area contributed by atoms with Crippen molar-refractivity contribution in [1.29, 1.82) is 0 Å². The molecule has 21 heavy (non-hydrogen) atoms. The summed E-state index contributed by atoms with van der Waals surface area (Å²) in [6.45, 7) is 1.41. The monoisotopic (exact) mass is 290 g/mol. The normalized spacial score (nSPS) is 16.1. The summed E-state index contributed by atoms with van der Waals surface area (Å²) < 4.78 is 4.60. The second-order valence-corrected chi connectivity index (χ2v) is 4.86. The van der Waals surface area contributed by atoms with Crippen LogP contribution in [0.2, 0.25) is 0 Å². The van der Waals surface area contributed by atoms with Crippen molar-refractivity contribution < 1.29 is 14.5 Å². The molecule has 0 aliphatic carbocycles. The van der Waals surface area contributed by atoms with Crippen LogP contribution < -0.4 is 0 Å². The van der Waals surface area contributed by atoms with Gasteiger partial charge >= 0.3 is 11.7 Å². The largest absolute Gasteiger partial charge is 0.461 e. The molecule has 0 radical (unpaired) electrons. The van der Waals surface area contributed by atoms with E-state index in [9.17, 15) is 14.9 Å². The lowest BCUT2D eigenvalue weighted by molar-refractivity contribution is -0.420. The van der Waals surface area contributed by atoms with Gasteiger partial charge in [-0.15, -0.1) is 0 Å². The molecule has 1 heterocycles. The first-order chi connectivity index (χ1) is 10.1. The molecular weight excluding hydrogens is 272 g/mol. The third kappa shape index (κ3) is 3.39. The molecule has 0 saturated carbocycles. The number of benzene rings is 1. The number of esters is 1. The summed E-state index contributed by atoms with van der Waals surface area (Å²) in [6.07, 6.45) is 3.02. The van der Waals surface area contributed by atoms with E-state index in [1.54, 1.807) is 24.3 Å². The van der Waals surface area contributed by atoms with Crippen molar-refractivity contribution in [2.75, 3.05) is 20.2 Å². The molecule has 1 aliphatic rings. The SMILES string of the molecule is COC(=O)/C(=C(\c1ccccc1)N1CCCCC1)[N+](=O)[O-]. The number of hydrogen-bond acceptors (Lipinski definition) is 5. The highest BCUT2D eigenvalue weighted by atomic mass is 16.6. The highest BCUT2D eigenvalue weighted by Gasteiger charge is 2.33. The Labute approximate surface area is 123 Å². The van der Waals surface area contributed by atoms with Gasteiger partial charge in [0, 0.05) is 18.7 Å². The first kappa shape index (κ1) is 15.0. The lowest BCUT2D eigenvalue weighted by Gasteiger charge is -2.30. The number of nitrogens with zero attached hydrogens (tertiary/aromatic N) is 2. The van der Waals surface area contributed by atoms with E-state index in [2.05, 4.69) is 4.74 Å². The minimum absolute atomic E-state index is 0.354. The first-order valence-electron chi connectivity index (χ1n) is 6.92. The lowest BCUT2D eigenvalue weighted by Crippen LogP contribution is -2.32. The van der Waals surface area contributed by atoms with E-state index in [0.29, 0.717) is 24.4 Å². The van der Waals surface area contributed by atoms with Crippen LogP contribution in [0.4, 0.5) is 0 Å². The fourth-order valence-corrected chi connectivity index (χ4v) is 2.54. The predicted octanol–water partition coefficient (Wildman–Crippen LogP) is 2.29. The lowest BCUT2D eigenvalue weighted by atomic mass is 10.0. The number of nitro groups is 1. The number of ether oxygens (including phenoxy) is 1. The molecule has 0 N–H and O–H groups in total. The summed E-state index contributed by atoms with van der Waals surface area (Å²) in [6, 6.07) is 8.98. The zero-order valence-corrected chi connectivity index (χ0v) is 11.9. The molecule has 0 aromatic heterocycles. The summed E-state index contributed by atoms with van der Waals surface area (Å²) in [5.41, 5.74) is 0.522. The van der Waals surface area contributed by atoms with Crippen LogP contribution in [0, 0.1) is 10.1 Å². The molecule has 0 atom stereocenters. The Morgan fingerprint density at radius 1 is 1.19 bits per heavy atom. The minimum Gasteiger partial charge on any atom is -0.461 e. The fraction of sp³-hybridized carbons (Fsp3) is 0.400. The van der Waals surface area contributed by atoms with E-state index in [4.69, 9.17) is 0 Å². The number of likely N-dealkylation sites (tertiary alicyclic amines) is 1. The van der Waals surface area contributed by atoms with E-state index < -0.39 is 16.6 Å². The van der Waals surface area contributed by atoms with E-state index in [1.807, 2.05) is 11.0 Å². The van der Waals surface area contributed by atoms with Crippen molar-refractivity contribution in [3.63, 3.8) is 0 Å². The van der Waals surface area contributed by atoms with Gasteiger partial charge in [0.2, 0.25) is 0 Å². The number of carbonyl (C=O) groups excluding carboxylic acids is 1. The highest BCUT2D eigenvalue weighted by Crippen LogP contribution is 2.27. The molecule has 1 saturated heterocycles. The molecule has 1 fully saturated rings. The van der Waals surface area contributed by atoms with Crippen LogP contribution >= 0.6 is 0 Å². The summed E-state index contributed by atoms with van der Waals surface area (Å²) in [7, 11) is 1.16. The summed E-state index contributed by atoms with van der Waals surface area (Å²) in [5.74, 6) is -0.913. The van der Waals surface area contributed by atoms with Gasteiger partial charge in [-0.1, -0.05) is 30.3 Å². The summed E-state index contributed by atoms with van der Waals surface area (Å²) >= 11 is 0. The van der Waals surface area contributed by atoms with Crippen molar-refractivity contribution in [2.24, 2.45) is 0 Å². The van der Waals surface area contributed by atoms with Crippen LogP contribution in [0.5, 0.6) is 0 Å². The van der Waals surface area contributed by atoms with Gasteiger partial charge in [0.25, 0.3) is 0 Å². The third-order valence-corrected chi connectivity index (χ3v) is 3.51. The molecule has 0 spiro atoms. The molecule has 0 unspecified atom stereocenters. The average Bonchev–Trinajstić information content (AvgIpc) is 2.53. The van der Waals surface area contributed by atoms with Crippen LogP contribution in [0.25, 0.3) is 5.70 Å². The Kier molecular flexibility index (Phi) is 4.92. The van der Waals surface area contributed by atoms with Crippen molar-refractivity contribution in [3.05, 3.63) is 51.7 Å². The topological polar surface area (TPSA) is 72.7 Å². The fourth-order valence-electron chi connectivity index (χ4n) is 2.54. The zero-order valence-electron chi connectivity index (χ0n) is 11.9. The van der Waals surface area contributed by atoms with E-state index >= 15 is 0 Å². The molecule has 0 amide bonds. The maximum absolute atomic E-state index is 11.9. The molecule has 0 bridgehead atoms. The smallest absolute Gasteiger partial charge is 0.411 e. The average molecular weight is 290 g/mol. The van der Waals surface area contributed by atoms with Crippen molar-refractivity contribution in [2.45, 2.75) is 19.3 Å². The summed E-state index contributed by atoms with van der Waals surface area (Å²) in [5, 5.41) is 11.4. The van der Waals surface area contributed by atoms with Gasteiger partial charge in [-0.2, -0.15) is 0 Å². The van der Waals surface area contributed by atoms with Crippen LogP contribution in [0.1, 0.15) is 24.8 Å². The molecular formula is C15H18N2O4. The Balaban J connectivity index is 2.57. The first-order valence-corrected chi connectivity index (χ1v) is 6.92. The quantitative estimate of drug-likeness (QED) is 0.368. The van der Waals surface area contributed by atoms with Gasteiger partial charge in [0.15, 0.2) is 0 Å². The maximum Gasteiger partial charge on any atom is 0.411 e. The van der Waals surface area contributed by atoms with Gasteiger partial charge in [-0.05, 0) is 19.3 Å². The molecule has 6 nitrogen and oxygen atoms in total. The molecule has 1 aliphatic heterocycles. The van der Waals surface area contributed by atoms with Crippen LogP contribution in [-0.4, -0.2) is 36.0 Å². The molecule has 1 aromatic rings. The van der Waals surface area contributed by atoms with Crippen molar-refractivity contribution in [3.8, 4) is 0 Å². The third-order valence-electron chi connectivity index (χ3n) is 3.51. The maximum atomic E-state index is 11.9. The molecule has 2 rings (SSSR count). The second kappa shape index (κ2) is 6.88. The highest BCUT2D eigenvalue weighted by molar-refractivity contribution is 5.94. The van der Waals surface area contributed by atoms with Crippen LogP contribution in [0.3, 0.4) is 0 Å². The van der Waals surface area contributed by atoms with Gasteiger partial charge in [0.05, 0.1) is 12.0 Å². The zero-order chi connectivity index (χ0) is 15.2. The number of carbonyl (C=O) groups is 1. The summed E-state index contributed by atoms with van der Waals surface area (Å²) in [4.78, 5) is 24.5. The van der Waals surface area contributed by atoms with Crippen LogP contribution in [-0.2, 0) is 9.53 Å². The number of piperidine rings is 1. The van der Waals surface area contributed by atoms with Gasteiger partial charge in [0.1, 0.15) is 5.70 Å². The number of rotatable bonds is 4. The van der Waals surface area contributed by atoms with Crippen LogP contribution in [0.15, 0.2) is 36.0 Å². The van der Waals surface area contributed by atoms with Gasteiger partial charge < -0.3 is 9.64 Å². The van der Waals surface area contributed by atoms with E-state index in [1.165, 1.54) is 0 Å². The van der Waals surface area contributed by atoms with Gasteiger partial charge in [-0.25, -0.2) is 4.79 Å². The number of methoxy groups -OCH3 is 1. The van der Waals surface area contributed by atoms with E-state index in [0.717, 1.165) is 26.4 Å². The van der Waals surface area contributed by atoms with Crippen molar-refractivity contribution in [1.82, 2.24) is 4.90 Å². The van der Waals surface area contributed by atoms with Gasteiger partial charge in [-0.3, -0.25) is 10.1 Å².